The highest BCUT2D eigenvalue weighted by molar-refractivity contribution is 7.92. The van der Waals surface area contributed by atoms with E-state index in [1.165, 1.54) is 17.0 Å². The number of methoxy groups -OCH3 is 1. The molecule has 10 heteroatoms. The summed E-state index contributed by atoms with van der Waals surface area (Å²) in [4.78, 5) is 27.4. The zero-order valence-electron chi connectivity index (χ0n) is 19.2. The third-order valence-corrected chi connectivity index (χ3v) is 6.39. The van der Waals surface area contributed by atoms with Gasteiger partial charge in [-0.05, 0) is 55.3 Å². The predicted molar refractivity (Wildman–Crippen MR) is 130 cm³/mol. The molecule has 1 atom stereocenters. The van der Waals surface area contributed by atoms with Crippen molar-refractivity contribution in [1.29, 1.82) is 0 Å². The number of rotatable bonds is 11. The summed E-state index contributed by atoms with van der Waals surface area (Å²) in [7, 11) is -2.24. The monoisotopic (exact) mass is 495 g/mol. The molecule has 0 aliphatic rings. The molecular formula is C23H30ClN3O5S. The van der Waals surface area contributed by atoms with Gasteiger partial charge in [-0.1, -0.05) is 30.7 Å². The molecule has 0 aromatic heterocycles. The smallest absolute Gasteiger partial charge is 0.244 e. The molecule has 0 heterocycles. The maximum Gasteiger partial charge on any atom is 0.244 e. The van der Waals surface area contributed by atoms with E-state index in [2.05, 4.69) is 5.32 Å². The van der Waals surface area contributed by atoms with Crippen LogP contribution in [0.15, 0.2) is 48.5 Å². The van der Waals surface area contributed by atoms with Crippen molar-refractivity contribution < 1.29 is 22.7 Å². The van der Waals surface area contributed by atoms with E-state index in [-0.39, 0.29) is 12.5 Å². The molecule has 0 unspecified atom stereocenters. The second kappa shape index (κ2) is 11.9. The number of hydrogen-bond donors (Lipinski definition) is 1. The largest absolute Gasteiger partial charge is 0.497 e. The van der Waals surface area contributed by atoms with Crippen molar-refractivity contribution >= 4 is 39.1 Å². The van der Waals surface area contributed by atoms with Gasteiger partial charge in [-0.25, -0.2) is 8.42 Å². The van der Waals surface area contributed by atoms with E-state index < -0.39 is 28.5 Å². The maximum absolute atomic E-state index is 13.4. The third kappa shape index (κ3) is 7.64. The van der Waals surface area contributed by atoms with Crippen molar-refractivity contribution in [3.63, 3.8) is 0 Å². The molecule has 180 valence electrons. The Hall–Kier alpha value is -2.78. The van der Waals surface area contributed by atoms with E-state index in [0.29, 0.717) is 23.0 Å². The molecule has 0 fully saturated rings. The van der Waals surface area contributed by atoms with E-state index >= 15 is 0 Å². The first kappa shape index (κ1) is 26.5. The maximum atomic E-state index is 13.4. The molecule has 33 heavy (non-hydrogen) atoms. The molecule has 0 aliphatic heterocycles. The van der Waals surface area contributed by atoms with Crippen LogP contribution in [-0.4, -0.2) is 57.6 Å². The summed E-state index contributed by atoms with van der Waals surface area (Å²) in [6, 6.07) is 12.5. The summed E-state index contributed by atoms with van der Waals surface area (Å²) in [6.45, 7) is 3.67. The fraction of sp³-hybridized carbons (Fsp3) is 0.391. The van der Waals surface area contributed by atoms with Gasteiger partial charge in [-0.2, -0.15) is 0 Å². The number of sulfonamides is 1. The second-order valence-corrected chi connectivity index (χ2v) is 9.93. The minimum absolute atomic E-state index is 0.106. The number of halogens is 1. The number of carbonyl (C=O) groups is 2. The van der Waals surface area contributed by atoms with Gasteiger partial charge < -0.3 is 15.0 Å². The van der Waals surface area contributed by atoms with Crippen LogP contribution in [-0.2, 0) is 26.2 Å². The summed E-state index contributed by atoms with van der Waals surface area (Å²) in [5, 5.41) is 3.24. The van der Waals surface area contributed by atoms with Crippen molar-refractivity contribution in [3.8, 4) is 5.75 Å². The SMILES string of the molecule is CCCNC(=O)[C@H](C)N(Cc1cccc(OC)c1)C(=O)CN(c1ccc(Cl)cc1)S(C)(=O)=O. The fourth-order valence-corrected chi connectivity index (χ4v) is 4.14. The molecule has 2 rings (SSSR count). The zero-order chi connectivity index (χ0) is 24.6. The molecule has 2 aromatic carbocycles. The number of ether oxygens (including phenoxy) is 1. The molecule has 1 N–H and O–H groups in total. The lowest BCUT2D eigenvalue weighted by Crippen LogP contribution is -2.51. The highest BCUT2D eigenvalue weighted by atomic mass is 35.5. The van der Waals surface area contributed by atoms with Crippen LogP contribution in [0.2, 0.25) is 5.02 Å². The Balaban J connectivity index is 2.37. The van der Waals surface area contributed by atoms with Crippen molar-refractivity contribution in [3.05, 3.63) is 59.1 Å². The van der Waals surface area contributed by atoms with Crippen LogP contribution in [0.25, 0.3) is 0 Å². The quantitative estimate of drug-likeness (QED) is 0.517. The molecule has 0 aliphatic carbocycles. The Labute approximate surface area is 200 Å². The summed E-state index contributed by atoms with van der Waals surface area (Å²) in [6.07, 6.45) is 1.78. The average Bonchev–Trinajstić information content (AvgIpc) is 2.79. The van der Waals surface area contributed by atoms with Crippen LogP contribution >= 0.6 is 11.6 Å². The molecule has 0 bridgehead atoms. The van der Waals surface area contributed by atoms with E-state index in [1.807, 2.05) is 13.0 Å². The van der Waals surface area contributed by atoms with E-state index in [0.717, 1.165) is 22.5 Å². The van der Waals surface area contributed by atoms with Crippen LogP contribution in [0.1, 0.15) is 25.8 Å². The van der Waals surface area contributed by atoms with Crippen molar-refractivity contribution in [2.75, 3.05) is 30.8 Å². The fourth-order valence-electron chi connectivity index (χ4n) is 3.17. The molecule has 2 amide bonds. The van der Waals surface area contributed by atoms with Crippen molar-refractivity contribution in [2.24, 2.45) is 0 Å². The number of nitrogens with zero attached hydrogens (tertiary/aromatic N) is 2. The first-order valence-electron chi connectivity index (χ1n) is 10.5. The van der Waals surface area contributed by atoms with Crippen LogP contribution in [0.5, 0.6) is 5.75 Å². The minimum Gasteiger partial charge on any atom is -0.497 e. The van der Waals surface area contributed by atoms with E-state index in [1.54, 1.807) is 44.4 Å². The van der Waals surface area contributed by atoms with Crippen LogP contribution in [0, 0.1) is 0 Å². The minimum atomic E-state index is -3.78. The number of hydrogen-bond acceptors (Lipinski definition) is 5. The van der Waals surface area contributed by atoms with Crippen molar-refractivity contribution in [2.45, 2.75) is 32.9 Å². The molecule has 0 radical (unpaired) electrons. The average molecular weight is 496 g/mol. The van der Waals surface area contributed by atoms with Gasteiger partial charge in [0.2, 0.25) is 21.8 Å². The van der Waals surface area contributed by atoms with Gasteiger partial charge in [-0.3, -0.25) is 13.9 Å². The first-order valence-corrected chi connectivity index (χ1v) is 12.7. The predicted octanol–water partition coefficient (Wildman–Crippen LogP) is 3.06. The van der Waals surface area contributed by atoms with E-state index in [9.17, 15) is 18.0 Å². The second-order valence-electron chi connectivity index (χ2n) is 7.59. The number of nitrogens with one attached hydrogen (secondary N) is 1. The molecular weight excluding hydrogens is 466 g/mol. The number of carbonyl (C=O) groups excluding carboxylic acids is 2. The van der Waals surface area contributed by atoms with E-state index in [4.69, 9.17) is 16.3 Å². The Bertz CT molecular complexity index is 1060. The van der Waals surface area contributed by atoms with Gasteiger partial charge in [0.25, 0.3) is 0 Å². The summed E-state index contributed by atoms with van der Waals surface area (Å²) in [5.41, 5.74) is 1.05. The topological polar surface area (TPSA) is 96.0 Å². The van der Waals surface area contributed by atoms with Gasteiger partial charge in [0.05, 0.1) is 19.1 Å². The third-order valence-electron chi connectivity index (χ3n) is 5.00. The highest BCUT2D eigenvalue weighted by Gasteiger charge is 2.30. The summed E-state index contributed by atoms with van der Waals surface area (Å²) in [5.74, 6) is -0.218. The summed E-state index contributed by atoms with van der Waals surface area (Å²) >= 11 is 5.92. The number of amides is 2. The molecule has 2 aromatic rings. The highest BCUT2D eigenvalue weighted by Crippen LogP contribution is 2.22. The normalized spacial score (nSPS) is 12.0. The van der Waals surface area contributed by atoms with Gasteiger partial charge >= 0.3 is 0 Å². The lowest BCUT2D eigenvalue weighted by atomic mass is 10.1. The molecule has 0 saturated carbocycles. The van der Waals surface area contributed by atoms with Crippen LogP contribution < -0.4 is 14.4 Å². The summed E-state index contributed by atoms with van der Waals surface area (Å²) < 4.78 is 31.2. The van der Waals surface area contributed by atoms with Gasteiger partial charge in [0.15, 0.2) is 0 Å². The van der Waals surface area contributed by atoms with Crippen molar-refractivity contribution in [1.82, 2.24) is 10.2 Å². The lowest BCUT2D eigenvalue weighted by molar-refractivity contribution is -0.139. The van der Waals surface area contributed by atoms with Crippen LogP contribution in [0.3, 0.4) is 0 Å². The Morgan fingerprint density at radius 1 is 1.15 bits per heavy atom. The number of benzene rings is 2. The lowest BCUT2D eigenvalue weighted by Gasteiger charge is -2.31. The first-order chi connectivity index (χ1) is 15.6. The molecule has 0 saturated heterocycles. The standard InChI is InChI=1S/C23H30ClN3O5S/c1-5-13-25-23(29)17(2)26(15-18-7-6-8-21(14-18)32-3)22(28)16-27(33(4,30)31)20-11-9-19(24)10-12-20/h6-12,14,17H,5,13,15-16H2,1-4H3,(H,25,29)/t17-/m0/s1. The Morgan fingerprint density at radius 2 is 1.82 bits per heavy atom. The van der Waals surface area contributed by atoms with Gasteiger partial charge in [-0.15, -0.1) is 0 Å². The zero-order valence-corrected chi connectivity index (χ0v) is 20.8. The van der Waals surface area contributed by atoms with Gasteiger partial charge in [0, 0.05) is 18.1 Å². The molecule has 0 spiro atoms. The van der Waals surface area contributed by atoms with Crippen LogP contribution in [0.4, 0.5) is 5.69 Å². The number of anilines is 1. The molecule has 8 nitrogen and oxygen atoms in total. The van der Waals surface area contributed by atoms with Gasteiger partial charge in [0.1, 0.15) is 18.3 Å². The Morgan fingerprint density at radius 3 is 2.39 bits per heavy atom. The Kier molecular flexibility index (Phi) is 9.55.